The Kier molecular flexibility index (Phi) is 4.24. The van der Waals surface area contributed by atoms with Crippen molar-refractivity contribution in [3.05, 3.63) is 53.6 Å². The fraction of sp³-hybridized carbons (Fsp3) is 0.267. The minimum atomic E-state index is 1.01. The zero-order valence-electron chi connectivity index (χ0n) is 10.5. The number of nitrogens with zero attached hydrogens (tertiary/aromatic N) is 1. The summed E-state index contributed by atoms with van der Waals surface area (Å²) in [4.78, 5) is 4.64. The van der Waals surface area contributed by atoms with Gasteiger partial charge in [-0.3, -0.25) is 4.99 Å². The molecule has 0 saturated heterocycles. The number of rotatable bonds is 3. The Morgan fingerprint density at radius 3 is 2.56 bits per heavy atom. The molecule has 0 atom stereocenters. The third kappa shape index (κ3) is 2.93. The van der Waals surface area contributed by atoms with E-state index >= 15 is 0 Å². The van der Waals surface area contributed by atoms with E-state index in [-0.39, 0.29) is 0 Å². The molecular weight excluding hydrogens is 194 g/mol. The summed E-state index contributed by atoms with van der Waals surface area (Å²) in [6, 6.07) is 6.31. The minimum Gasteiger partial charge on any atom is -0.253 e. The number of hydrogen-bond donors (Lipinski definition) is 0. The molecule has 0 bridgehead atoms. The van der Waals surface area contributed by atoms with E-state index in [2.05, 4.69) is 43.6 Å². The standard InChI is InChI=1S/C15H19N/c1-6-14(7-2)13(5)16-15-10-11(3)8-9-12(15)4/h6-10H,1H2,2-5H3/b14-7+,16-13?. The van der Waals surface area contributed by atoms with Crippen molar-refractivity contribution in [3.8, 4) is 0 Å². The molecule has 1 heteroatoms. The normalized spacial score (nSPS) is 12.8. The summed E-state index contributed by atoms with van der Waals surface area (Å²) in [5, 5.41) is 0. The predicted octanol–water partition coefficient (Wildman–Crippen LogP) is 4.53. The van der Waals surface area contributed by atoms with E-state index in [1.165, 1.54) is 11.1 Å². The van der Waals surface area contributed by atoms with Gasteiger partial charge in [-0.25, -0.2) is 0 Å². The van der Waals surface area contributed by atoms with E-state index in [4.69, 9.17) is 0 Å². The molecule has 0 spiro atoms. The third-order valence-corrected chi connectivity index (χ3v) is 2.60. The number of allylic oxidation sites excluding steroid dienone is 3. The van der Waals surface area contributed by atoms with Gasteiger partial charge in [0.15, 0.2) is 0 Å². The van der Waals surface area contributed by atoms with Crippen molar-refractivity contribution < 1.29 is 0 Å². The highest BCUT2D eigenvalue weighted by Gasteiger charge is 1.99. The number of aryl methyl sites for hydroxylation is 2. The Hall–Kier alpha value is -1.63. The first kappa shape index (κ1) is 12.4. The van der Waals surface area contributed by atoms with Gasteiger partial charge < -0.3 is 0 Å². The summed E-state index contributed by atoms with van der Waals surface area (Å²) < 4.78 is 0. The molecule has 16 heavy (non-hydrogen) atoms. The lowest BCUT2D eigenvalue weighted by Gasteiger charge is -2.05. The zero-order valence-corrected chi connectivity index (χ0v) is 10.5. The van der Waals surface area contributed by atoms with E-state index in [1.807, 2.05) is 26.0 Å². The highest BCUT2D eigenvalue weighted by molar-refractivity contribution is 6.02. The SMILES string of the molecule is C=C/C(=C\C)C(C)=Nc1cc(C)ccc1C. The van der Waals surface area contributed by atoms with Gasteiger partial charge in [-0.05, 0) is 50.5 Å². The topological polar surface area (TPSA) is 12.4 Å². The van der Waals surface area contributed by atoms with Crippen LogP contribution >= 0.6 is 0 Å². The first-order valence-corrected chi connectivity index (χ1v) is 5.50. The molecule has 0 radical (unpaired) electrons. The second-order valence-corrected chi connectivity index (χ2v) is 3.94. The molecule has 1 rings (SSSR count). The van der Waals surface area contributed by atoms with Crippen molar-refractivity contribution in [1.82, 2.24) is 0 Å². The Bertz CT molecular complexity index is 451. The minimum absolute atomic E-state index is 1.01. The number of benzene rings is 1. The van der Waals surface area contributed by atoms with Gasteiger partial charge >= 0.3 is 0 Å². The average molecular weight is 213 g/mol. The van der Waals surface area contributed by atoms with Crippen molar-refractivity contribution >= 4 is 11.4 Å². The van der Waals surface area contributed by atoms with E-state index in [1.54, 1.807) is 0 Å². The monoisotopic (exact) mass is 213 g/mol. The molecule has 1 aromatic carbocycles. The van der Waals surface area contributed by atoms with Gasteiger partial charge in [0.2, 0.25) is 0 Å². The fourth-order valence-corrected chi connectivity index (χ4v) is 1.56. The molecule has 1 nitrogen and oxygen atoms in total. The summed E-state index contributed by atoms with van der Waals surface area (Å²) in [7, 11) is 0. The molecule has 0 saturated carbocycles. The molecule has 0 fully saturated rings. The zero-order chi connectivity index (χ0) is 12.1. The van der Waals surface area contributed by atoms with Gasteiger partial charge in [0.25, 0.3) is 0 Å². The molecule has 0 aliphatic carbocycles. The first-order chi connectivity index (χ1) is 7.58. The van der Waals surface area contributed by atoms with Crippen LogP contribution in [0.1, 0.15) is 25.0 Å². The Labute approximate surface area is 98.2 Å². The molecule has 0 aliphatic rings. The Balaban J connectivity index is 3.16. The molecule has 0 heterocycles. The summed E-state index contributed by atoms with van der Waals surface area (Å²) in [5.41, 5.74) is 5.56. The van der Waals surface area contributed by atoms with Crippen molar-refractivity contribution in [2.75, 3.05) is 0 Å². The van der Waals surface area contributed by atoms with E-state index < -0.39 is 0 Å². The van der Waals surface area contributed by atoms with Crippen LogP contribution in [0.15, 0.2) is 47.5 Å². The average Bonchev–Trinajstić information content (AvgIpc) is 2.25. The van der Waals surface area contributed by atoms with Crippen LogP contribution in [0.3, 0.4) is 0 Å². The first-order valence-electron chi connectivity index (χ1n) is 5.50. The van der Waals surface area contributed by atoms with Crippen LogP contribution in [0.2, 0.25) is 0 Å². The van der Waals surface area contributed by atoms with Crippen molar-refractivity contribution in [2.45, 2.75) is 27.7 Å². The summed E-state index contributed by atoms with van der Waals surface area (Å²) in [6.45, 7) is 12.0. The fourth-order valence-electron chi connectivity index (χ4n) is 1.56. The lowest BCUT2D eigenvalue weighted by atomic mass is 10.1. The van der Waals surface area contributed by atoms with Crippen LogP contribution in [0.25, 0.3) is 0 Å². The molecule has 84 valence electrons. The molecule has 0 aromatic heterocycles. The van der Waals surface area contributed by atoms with Crippen molar-refractivity contribution in [3.63, 3.8) is 0 Å². The molecule has 0 unspecified atom stereocenters. The largest absolute Gasteiger partial charge is 0.253 e. The van der Waals surface area contributed by atoms with Gasteiger partial charge in [0, 0.05) is 5.71 Å². The van der Waals surface area contributed by atoms with Crippen LogP contribution < -0.4 is 0 Å². The second-order valence-electron chi connectivity index (χ2n) is 3.94. The van der Waals surface area contributed by atoms with Crippen LogP contribution in [0, 0.1) is 13.8 Å². The summed E-state index contributed by atoms with van der Waals surface area (Å²) >= 11 is 0. The molecule has 0 aliphatic heterocycles. The van der Waals surface area contributed by atoms with Gasteiger partial charge in [-0.15, -0.1) is 0 Å². The lowest BCUT2D eigenvalue weighted by Crippen LogP contribution is -1.93. The number of aliphatic imine (C=N–C) groups is 1. The van der Waals surface area contributed by atoms with Crippen LogP contribution in [0.5, 0.6) is 0 Å². The highest BCUT2D eigenvalue weighted by atomic mass is 14.7. The van der Waals surface area contributed by atoms with E-state index in [0.29, 0.717) is 0 Å². The lowest BCUT2D eigenvalue weighted by molar-refractivity contribution is 1.34. The van der Waals surface area contributed by atoms with Gasteiger partial charge in [-0.1, -0.05) is 30.9 Å². The predicted molar refractivity (Wildman–Crippen MR) is 72.6 cm³/mol. The van der Waals surface area contributed by atoms with Crippen molar-refractivity contribution in [2.24, 2.45) is 4.99 Å². The van der Waals surface area contributed by atoms with Crippen LogP contribution in [0.4, 0.5) is 5.69 Å². The Morgan fingerprint density at radius 1 is 1.31 bits per heavy atom. The van der Waals surface area contributed by atoms with Gasteiger partial charge in [-0.2, -0.15) is 0 Å². The maximum atomic E-state index is 4.64. The summed E-state index contributed by atoms with van der Waals surface area (Å²) in [5.74, 6) is 0. The molecule has 0 amide bonds. The third-order valence-electron chi connectivity index (χ3n) is 2.60. The van der Waals surface area contributed by atoms with Crippen LogP contribution in [-0.4, -0.2) is 5.71 Å². The second kappa shape index (κ2) is 5.45. The van der Waals surface area contributed by atoms with Gasteiger partial charge in [0.1, 0.15) is 0 Å². The maximum Gasteiger partial charge on any atom is 0.0664 e. The Morgan fingerprint density at radius 2 is 2.00 bits per heavy atom. The molecule has 0 N–H and O–H groups in total. The molecular formula is C15H19N. The van der Waals surface area contributed by atoms with E-state index in [9.17, 15) is 0 Å². The van der Waals surface area contributed by atoms with Gasteiger partial charge in [0.05, 0.1) is 5.69 Å². The summed E-state index contributed by atoms with van der Waals surface area (Å²) in [6.07, 6.45) is 3.86. The van der Waals surface area contributed by atoms with Crippen LogP contribution in [-0.2, 0) is 0 Å². The highest BCUT2D eigenvalue weighted by Crippen LogP contribution is 2.21. The van der Waals surface area contributed by atoms with E-state index in [0.717, 1.165) is 17.0 Å². The quantitative estimate of drug-likeness (QED) is 0.517. The maximum absolute atomic E-state index is 4.64. The number of hydrogen-bond acceptors (Lipinski definition) is 1. The smallest absolute Gasteiger partial charge is 0.0664 e. The molecule has 1 aromatic rings. The van der Waals surface area contributed by atoms with Crippen molar-refractivity contribution in [1.29, 1.82) is 0 Å².